The molecule has 0 spiro atoms. The molecule has 0 saturated carbocycles. The van der Waals surface area contributed by atoms with Gasteiger partial charge in [-0.05, 0) is 43.5 Å². The topological polar surface area (TPSA) is 99.9 Å². The van der Waals surface area contributed by atoms with E-state index in [1.165, 1.54) is 13.0 Å². The summed E-state index contributed by atoms with van der Waals surface area (Å²) in [5.41, 5.74) is 1.64. The molecule has 2 aromatic carbocycles. The number of nitro benzene ring substituents is 1. The first-order valence-corrected chi connectivity index (χ1v) is 12.7. The molecule has 3 heterocycles. The van der Waals surface area contributed by atoms with E-state index in [-0.39, 0.29) is 23.5 Å². The van der Waals surface area contributed by atoms with Crippen molar-refractivity contribution in [2.24, 2.45) is 0 Å². The molecule has 1 aromatic heterocycles. The highest BCUT2D eigenvalue weighted by Gasteiger charge is 2.33. The Kier molecular flexibility index (Phi) is 6.38. The first kappa shape index (κ1) is 23.2. The van der Waals surface area contributed by atoms with Crippen LogP contribution in [0.15, 0.2) is 42.5 Å². The van der Waals surface area contributed by atoms with Crippen molar-refractivity contribution in [3.8, 4) is 0 Å². The molecule has 10 heteroatoms. The summed E-state index contributed by atoms with van der Waals surface area (Å²) in [4.78, 5) is 47.0. The standard InChI is InChI=1S/C25H27N5O4S/c1-17(31)27-12-14-28(15-13-27)20-10-9-18(16-22(20)30(33)34)25(32)29-11-5-4-7-21(29)24-26-19-6-2-3-8-23(19)35-24/h2-3,6,8-10,16,21H,4-5,7,11-15H2,1H3. The van der Waals surface area contributed by atoms with Crippen molar-refractivity contribution < 1.29 is 14.5 Å². The number of rotatable bonds is 4. The molecule has 2 saturated heterocycles. The van der Waals surface area contributed by atoms with Crippen LogP contribution < -0.4 is 4.90 Å². The molecule has 2 amide bonds. The third-order valence-corrected chi connectivity index (χ3v) is 7.98. The Morgan fingerprint density at radius 1 is 1.06 bits per heavy atom. The lowest BCUT2D eigenvalue weighted by molar-refractivity contribution is -0.384. The van der Waals surface area contributed by atoms with Crippen molar-refractivity contribution in [3.05, 3.63) is 63.1 Å². The van der Waals surface area contributed by atoms with Crippen LogP contribution in [0.4, 0.5) is 11.4 Å². The fourth-order valence-corrected chi connectivity index (χ4v) is 6.08. The average Bonchev–Trinajstić information content (AvgIpc) is 3.32. The minimum absolute atomic E-state index is 0.00399. The number of anilines is 1. The molecule has 2 fully saturated rings. The van der Waals surface area contributed by atoms with E-state index in [0.717, 1.165) is 34.5 Å². The fourth-order valence-electron chi connectivity index (χ4n) is 4.96. The van der Waals surface area contributed by atoms with Gasteiger partial charge in [-0.25, -0.2) is 4.98 Å². The zero-order valence-electron chi connectivity index (χ0n) is 19.6. The number of hydrogen-bond acceptors (Lipinski definition) is 7. The second-order valence-corrected chi connectivity index (χ2v) is 10.0. The number of likely N-dealkylation sites (tertiary alicyclic amines) is 1. The second kappa shape index (κ2) is 9.61. The number of para-hydroxylation sites is 1. The van der Waals surface area contributed by atoms with Gasteiger partial charge in [0.1, 0.15) is 10.7 Å². The van der Waals surface area contributed by atoms with E-state index in [2.05, 4.69) is 0 Å². The van der Waals surface area contributed by atoms with Crippen LogP contribution in [0.3, 0.4) is 0 Å². The van der Waals surface area contributed by atoms with Gasteiger partial charge in [0, 0.05) is 51.3 Å². The molecule has 1 unspecified atom stereocenters. The van der Waals surface area contributed by atoms with Crippen LogP contribution >= 0.6 is 11.3 Å². The van der Waals surface area contributed by atoms with Gasteiger partial charge in [-0.3, -0.25) is 19.7 Å². The third kappa shape index (κ3) is 4.58. The van der Waals surface area contributed by atoms with Crippen molar-refractivity contribution in [2.75, 3.05) is 37.6 Å². The molecule has 2 aliphatic heterocycles. The van der Waals surface area contributed by atoms with Crippen LogP contribution in [0.25, 0.3) is 10.2 Å². The molecule has 9 nitrogen and oxygen atoms in total. The normalized spacial score (nSPS) is 18.7. The molecule has 2 aliphatic rings. The van der Waals surface area contributed by atoms with Gasteiger partial charge in [0.05, 0.1) is 21.2 Å². The predicted octanol–water partition coefficient (Wildman–Crippen LogP) is 4.24. The largest absolute Gasteiger partial charge is 0.362 e. The summed E-state index contributed by atoms with van der Waals surface area (Å²) < 4.78 is 1.09. The second-order valence-electron chi connectivity index (χ2n) is 8.98. The van der Waals surface area contributed by atoms with E-state index >= 15 is 0 Å². The Labute approximate surface area is 207 Å². The van der Waals surface area contributed by atoms with E-state index in [9.17, 15) is 19.7 Å². The van der Waals surface area contributed by atoms with Gasteiger partial charge in [0.15, 0.2) is 0 Å². The summed E-state index contributed by atoms with van der Waals surface area (Å²) in [6.07, 6.45) is 2.73. The molecular formula is C25H27N5O4S. The summed E-state index contributed by atoms with van der Waals surface area (Å²) in [5.74, 6) is -0.200. The van der Waals surface area contributed by atoms with E-state index < -0.39 is 4.92 Å². The van der Waals surface area contributed by atoms with E-state index in [4.69, 9.17) is 4.98 Å². The number of carbonyl (C=O) groups is 2. The molecular weight excluding hydrogens is 466 g/mol. The zero-order chi connectivity index (χ0) is 24.5. The van der Waals surface area contributed by atoms with Gasteiger partial charge < -0.3 is 14.7 Å². The maximum absolute atomic E-state index is 13.6. The monoisotopic (exact) mass is 493 g/mol. The Morgan fingerprint density at radius 3 is 2.54 bits per heavy atom. The highest BCUT2D eigenvalue weighted by molar-refractivity contribution is 7.18. The molecule has 3 aromatic rings. The number of aromatic nitrogens is 1. The van der Waals surface area contributed by atoms with Gasteiger partial charge in [-0.15, -0.1) is 11.3 Å². The van der Waals surface area contributed by atoms with Crippen molar-refractivity contribution in [2.45, 2.75) is 32.2 Å². The molecule has 0 aliphatic carbocycles. The van der Waals surface area contributed by atoms with E-state index in [0.29, 0.717) is 44.0 Å². The smallest absolute Gasteiger partial charge is 0.293 e. The minimum Gasteiger partial charge on any atom is -0.362 e. The van der Waals surface area contributed by atoms with Crippen LogP contribution in [0, 0.1) is 10.1 Å². The number of piperazine rings is 1. The molecule has 0 radical (unpaired) electrons. The number of amides is 2. The SMILES string of the molecule is CC(=O)N1CCN(c2ccc(C(=O)N3CCCCC3c3nc4ccccc4s3)cc2[N+](=O)[O-])CC1. The predicted molar refractivity (Wildman–Crippen MR) is 135 cm³/mol. The maximum Gasteiger partial charge on any atom is 0.293 e. The van der Waals surface area contributed by atoms with E-state index in [1.54, 1.807) is 28.4 Å². The number of nitro groups is 1. The van der Waals surface area contributed by atoms with Crippen molar-refractivity contribution >= 4 is 44.7 Å². The van der Waals surface area contributed by atoms with Gasteiger partial charge >= 0.3 is 0 Å². The van der Waals surface area contributed by atoms with Crippen molar-refractivity contribution in [1.82, 2.24) is 14.8 Å². The molecule has 35 heavy (non-hydrogen) atoms. The van der Waals surface area contributed by atoms with Crippen LogP contribution in [-0.2, 0) is 4.79 Å². The Morgan fingerprint density at radius 2 is 1.83 bits per heavy atom. The molecule has 182 valence electrons. The summed E-state index contributed by atoms with van der Waals surface area (Å²) >= 11 is 1.60. The van der Waals surface area contributed by atoms with Crippen LogP contribution in [0.2, 0.25) is 0 Å². The third-order valence-electron chi connectivity index (χ3n) is 6.84. The van der Waals surface area contributed by atoms with Gasteiger partial charge in [0.2, 0.25) is 5.91 Å². The first-order chi connectivity index (χ1) is 16.9. The highest BCUT2D eigenvalue weighted by Crippen LogP contribution is 2.37. The number of nitrogens with zero attached hydrogens (tertiary/aromatic N) is 5. The number of benzene rings is 2. The lowest BCUT2D eigenvalue weighted by Gasteiger charge is -2.36. The lowest BCUT2D eigenvalue weighted by atomic mass is 10.0. The number of hydrogen-bond donors (Lipinski definition) is 0. The van der Waals surface area contributed by atoms with E-state index in [1.807, 2.05) is 34.1 Å². The summed E-state index contributed by atoms with van der Waals surface area (Å²) in [7, 11) is 0. The molecule has 5 rings (SSSR count). The van der Waals surface area contributed by atoms with Crippen LogP contribution in [0.1, 0.15) is 47.6 Å². The quantitative estimate of drug-likeness (QED) is 0.398. The zero-order valence-corrected chi connectivity index (χ0v) is 20.4. The summed E-state index contributed by atoms with van der Waals surface area (Å²) in [5, 5.41) is 12.9. The van der Waals surface area contributed by atoms with Crippen LogP contribution in [-0.4, -0.2) is 64.2 Å². The lowest BCUT2D eigenvalue weighted by Crippen LogP contribution is -2.48. The number of piperidine rings is 1. The maximum atomic E-state index is 13.6. The van der Waals surface area contributed by atoms with Crippen molar-refractivity contribution in [1.29, 1.82) is 0 Å². The first-order valence-electron chi connectivity index (χ1n) is 11.9. The van der Waals surface area contributed by atoms with Gasteiger partial charge in [0.25, 0.3) is 11.6 Å². The Hall–Kier alpha value is -3.53. The molecule has 0 bridgehead atoms. The Balaban J connectivity index is 1.41. The average molecular weight is 494 g/mol. The minimum atomic E-state index is -0.426. The van der Waals surface area contributed by atoms with Gasteiger partial charge in [-0.1, -0.05) is 12.1 Å². The molecule has 1 atom stereocenters. The van der Waals surface area contributed by atoms with Gasteiger partial charge in [-0.2, -0.15) is 0 Å². The van der Waals surface area contributed by atoms with Crippen molar-refractivity contribution in [3.63, 3.8) is 0 Å². The number of thiazole rings is 1. The highest BCUT2D eigenvalue weighted by atomic mass is 32.1. The number of carbonyl (C=O) groups excluding carboxylic acids is 2. The fraction of sp³-hybridized carbons (Fsp3) is 0.400. The summed E-state index contributed by atoms with van der Waals surface area (Å²) in [6.45, 7) is 4.19. The molecule has 0 N–H and O–H groups in total. The summed E-state index contributed by atoms with van der Waals surface area (Å²) in [6, 6.07) is 12.6. The number of fused-ring (bicyclic) bond motifs is 1. The van der Waals surface area contributed by atoms with Crippen LogP contribution in [0.5, 0.6) is 0 Å². The Bertz CT molecular complexity index is 1250.